The number of hydrogen-bond donors (Lipinski definition) is 0. The first-order valence-electron chi connectivity index (χ1n) is 8.34. The minimum atomic E-state index is 0.567. The maximum Gasteiger partial charge on any atom is 0.00798 e. The summed E-state index contributed by atoms with van der Waals surface area (Å²) in [4.78, 5) is 0. The fourth-order valence-electron chi connectivity index (χ4n) is 4.93. The molecule has 0 heterocycles. The van der Waals surface area contributed by atoms with Crippen LogP contribution in [0.25, 0.3) is 11.1 Å². The van der Waals surface area contributed by atoms with E-state index in [0.29, 0.717) is 11.8 Å². The van der Waals surface area contributed by atoms with E-state index in [1.807, 2.05) is 0 Å². The van der Waals surface area contributed by atoms with E-state index in [2.05, 4.69) is 55.5 Å². The Morgan fingerprint density at radius 3 is 2.05 bits per heavy atom. The Morgan fingerprint density at radius 1 is 0.905 bits per heavy atom. The molecule has 0 saturated heterocycles. The molecule has 0 radical (unpaired) electrons. The maximum atomic E-state index is 4.55. The van der Waals surface area contributed by atoms with E-state index < -0.39 is 0 Å². The smallest absolute Gasteiger partial charge is 0.00798 e. The topological polar surface area (TPSA) is 0 Å². The van der Waals surface area contributed by atoms with Crippen molar-refractivity contribution in [3.05, 3.63) is 66.6 Å². The zero-order valence-electron chi connectivity index (χ0n) is 12.3. The van der Waals surface area contributed by atoms with Crippen LogP contribution in [-0.2, 0) is 0 Å². The number of hydrogen-bond acceptors (Lipinski definition) is 0. The van der Waals surface area contributed by atoms with Crippen molar-refractivity contribution in [2.45, 2.75) is 25.2 Å². The maximum absolute atomic E-state index is 4.55. The van der Waals surface area contributed by atoms with Gasteiger partial charge in [-0.25, -0.2) is 0 Å². The summed E-state index contributed by atoms with van der Waals surface area (Å²) in [6.07, 6.45) is 4.17. The van der Waals surface area contributed by atoms with Crippen molar-refractivity contribution in [2.75, 3.05) is 0 Å². The molecule has 0 aromatic heterocycles. The largest absolute Gasteiger partial charge is 0.340 e. The van der Waals surface area contributed by atoms with Crippen LogP contribution in [0.15, 0.2) is 48.5 Å². The van der Waals surface area contributed by atoms with Crippen LogP contribution in [0, 0.1) is 30.6 Å². The molecule has 4 unspecified atom stereocenters. The fourth-order valence-corrected chi connectivity index (χ4v) is 4.93. The van der Waals surface area contributed by atoms with Gasteiger partial charge in [0.2, 0.25) is 0 Å². The van der Waals surface area contributed by atoms with Crippen molar-refractivity contribution >= 4 is 0 Å². The lowest BCUT2D eigenvalue weighted by atomic mass is 9.72. The predicted molar refractivity (Wildman–Crippen MR) is 86.9 cm³/mol. The molecule has 0 N–H and O–H groups in total. The highest BCUT2D eigenvalue weighted by Gasteiger charge is 2.53. The molecule has 0 spiro atoms. The van der Waals surface area contributed by atoms with E-state index in [0.717, 1.165) is 17.8 Å². The molecule has 0 amide bonds. The molecule has 0 nitrogen and oxygen atoms in total. The molecule has 106 valence electrons. The van der Waals surface area contributed by atoms with Gasteiger partial charge in [-0.2, -0.15) is 5.92 Å². The van der Waals surface area contributed by atoms with Crippen molar-refractivity contribution < 1.29 is 0 Å². The van der Waals surface area contributed by atoms with Gasteiger partial charge in [0.1, 0.15) is 0 Å². The van der Waals surface area contributed by atoms with Crippen molar-refractivity contribution in [1.29, 1.82) is 0 Å². The van der Waals surface area contributed by atoms with Crippen LogP contribution in [0.3, 0.4) is 0 Å². The van der Waals surface area contributed by atoms with Crippen LogP contribution in [0.5, 0.6) is 0 Å². The minimum Gasteiger partial charge on any atom is -0.340 e. The summed E-state index contributed by atoms with van der Waals surface area (Å²) in [5.74, 6) is 4.23. The van der Waals surface area contributed by atoms with Gasteiger partial charge in [-0.15, -0.1) is 0 Å². The summed E-state index contributed by atoms with van der Waals surface area (Å²) in [5, 5.41) is 0. The third kappa shape index (κ3) is 1.68. The molecule has 2 fully saturated rings. The number of fused-ring (bicyclic) bond motifs is 4. The Hall–Kier alpha value is -1.56. The Morgan fingerprint density at radius 2 is 1.52 bits per heavy atom. The first-order chi connectivity index (χ1) is 10.3. The van der Waals surface area contributed by atoms with Gasteiger partial charge in [-0.3, -0.25) is 0 Å². The van der Waals surface area contributed by atoms with E-state index in [4.69, 9.17) is 0 Å². The van der Waals surface area contributed by atoms with Crippen molar-refractivity contribution in [3.8, 4) is 11.1 Å². The first-order valence-corrected chi connectivity index (χ1v) is 8.34. The summed E-state index contributed by atoms with van der Waals surface area (Å²) in [5.41, 5.74) is 5.95. The highest BCUT2D eigenvalue weighted by Crippen LogP contribution is 2.63. The molecule has 2 aromatic carbocycles. The van der Waals surface area contributed by atoms with Crippen molar-refractivity contribution in [2.24, 2.45) is 23.7 Å². The summed E-state index contributed by atoms with van der Waals surface area (Å²) in [6, 6.07) is 17.9. The predicted octanol–water partition coefficient (Wildman–Crippen LogP) is 5.30. The van der Waals surface area contributed by atoms with Gasteiger partial charge in [0, 0.05) is 5.92 Å². The van der Waals surface area contributed by atoms with Crippen LogP contribution >= 0.6 is 0 Å². The number of rotatable bonds is 3. The van der Waals surface area contributed by atoms with E-state index >= 15 is 0 Å². The molecule has 3 aliphatic carbocycles. The van der Waals surface area contributed by atoms with Crippen molar-refractivity contribution in [1.82, 2.24) is 0 Å². The lowest BCUT2D eigenvalue weighted by Gasteiger charge is -2.37. The first kappa shape index (κ1) is 12.0. The Labute approximate surface area is 127 Å². The average Bonchev–Trinajstić information content (AvgIpc) is 3.03. The zero-order valence-corrected chi connectivity index (χ0v) is 12.3. The van der Waals surface area contributed by atoms with Gasteiger partial charge in [0.15, 0.2) is 0 Å². The van der Waals surface area contributed by atoms with E-state index in [1.165, 1.54) is 41.5 Å². The quantitative estimate of drug-likeness (QED) is 0.666. The third-order valence-electron chi connectivity index (χ3n) is 6.21. The molecule has 21 heavy (non-hydrogen) atoms. The Bertz CT molecular complexity index is 653. The monoisotopic (exact) mass is 273 g/mol. The van der Waals surface area contributed by atoms with Crippen LogP contribution in [0.4, 0.5) is 0 Å². The van der Waals surface area contributed by atoms with Gasteiger partial charge in [0.25, 0.3) is 0 Å². The van der Waals surface area contributed by atoms with Crippen LogP contribution in [0.2, 0.25) is 0 Å². The molecule has 4 atom stereocenters. The SMILES string of the molecule is [CH2-]C(CC1c2ccccc2-c2ccccc21)C1CC2CC21. The molecule has 0 aliphatic heterocycles. The molecule has 2 aromatic rings. The van der Waals surface area contributed by atoms with E-state index in [-0.39, 0.29) is 0 Å². The van der Waals surface area contributed by atoms with Gasteiger partial charge in [0.05, 0.1) is 0 Å². The minimum absolute atomic E-state index is 0.567. The van der Waals surface area contributed by atoms with Crippen LogP contribution in [0.1, 0.15) is 36.3 Å². The second kappa shape index (κ2) is 4.22. The normalized spacial score (nSPS) is 30.0. The average molecular weight is 273 g/mol. The summed E-state index contributed by atoms with van der Waals surface area (Å²) < 4.78 is 0. The molecular weight excluding hydrogens is 252 g/mol. The van der Waals surface area contributed by atoms with Crippen LogP contribution in [-0.4, -0.2) is 0 Å². The standard InChI is InChI=1S/C21H21/c1-13(19-11-14-12-20(14)19)10-21-17-8-4-2-6-15(17)16-7-3-5-9-18(16)21/h2-9,13-14,19-21H,1,10-12H2/q-1. The van der Waals surface area contributed by atoms with Gasteiger partial charge in [-0.05, 0) is 46.9 Å². The number of benzene rings is 2. The second-order valence-electron chi connectivity index (χ2n) is 7.28. The molecule has 0 bridgehead atoms. The van der Waals surface area contributed by atoms with E-state index in [9.17, 15) is 0 Å². The molecule has 3 aliphatic rings. The highest BCUT2D eigenvalue weighted by atomic mass is 14.6. The molecule has 0 heteroatoms. The summed E-state index contributed by atoms with van der Waals surface area (Å²) in [6.45, 7) is 4.55. The molecular formula is C21H21-. The van der Waals surface area contributed by atoms with Crippen LogP contribution < -0.4 is 0 Å². The second-order valence-corrected chi connectivity index (χ2v) is 7.28. The van der Waals surface area contributed by atoms with E-state index in [1.54, 1.807) is 0 Å². The third-order valence-corrected chi connectivity index (χ3v) is 6.21. The van der Waals surface area contributed by atoms with Gasteiger partial charge in [-0.1, -0.05) is 60.9 Å². The summed E-state index contributed by atoms with van der Waals surface area (Å²) in [7, 11) is 0. The van der Waals surface area contributed by atoms with Gasteiger partial charge < -0.3 is 6.92 Å². The molecule has 5 rings (SSSR count). The zero-order chi connectivity index (χ0) is 14.0. The lowest BCUT2D eigenvalue weighted by Crippen LogP contribution is -2.24. The Balaban J connectivity index is 1.50. The summed E-state index contributed by atoms with van der Waals surface area (Å²) >= 11 is 0. The molecule has 2 saturated carbocycles. The fraction of sp³-hybridized carbons (Fsp3) is 0.381. The Kier molecular flexibility index (Phi) is 2.42. The highest BCUT2D eigenvalue weighted by molar-refractivity contribution is 5.78. The lowest BCUT2D eigenvalue weighted by molar-refractivity contribution is 0.205. The van der Waals surface area contributed by atoms with Crippen molar-refractivity contribution in [3.63, 3.8) is 0 Å². The van der Waals surface area contributed by atoms with Gasteiger partial charge >= 0.3 is 0 Å².